The smallest absolute Gasteiger partial charge is 0.251 e. The van der Waals surface area contributed by atoms with Crippen LogP contribution < -0.4 is 11.1 Å². The van der Waals surface area contributed by atoms with Crippen LogP contribution in [0.2, 0.25) is 0 Å². The highest BCUT2D eigenvalue weighted by Crippen LogP contribution is 2.02. The molecular formula is C14H18N2O2. The number of nitrogens with two attached hydrogens (primary N) is 1. The third-order valence-corrected chi connectivity index (χ3v) is 2.45. The molecular weight excluding hydrogens is 228 g/mol. The fraction of sp³-hybridized carbons (Fsp3) is 0.286. The van der Waals surface area contributed by atoms with Gasteiger partial charge in [0.1, 0.15) is 6.04 Å². The maximum atomic E-state index is 11.9. The van der Waals surface area contributed by atoms with Gasteiger partial charge in [0.15, 0.2) is 0 Å². The summed E-state index contributed by atoms with van der Waals surface area (Å²) in [6.45, 7) is 3.86. The zero-order chi connectivity index (χ0) is 13.5. The minimum absolute atomic E-state index is 0.290. The van der Waals surface area contributed by atoms with Crippen molar-refractivity contribution >= 4 is 11.8 Å². The molecule has 4 nitrogen and oxygen atoms in total. The second-order valence-electron chi connectivity index (χ2n) is 4.31. The molecule has 0 aliphatic rings. The highest BCUT2D eigenvalue weighted by molar-refractivity contribution is 5.97. The number of nitrogens with one attached hydrogen (secondary N) is 1. The molecule has 2 amide bonds. The van der Waals surface area contributed by atoms with E-state index in [-0.39, 0.29) is 5.91 Å². The summed E-state index contributed by atoms with van der Waals surface area (Å²) >= 11 is 0. The van der Waals surface area contributed by atoms with E-state index >= 15 is 0 Å². The molecule has 4 heteroatoms. The van der Waals surface area contributed by atoms with Gasteiger partial charge in [-0.25, -0.2) is 0 Å². The first-order valence-corrected chi connectivity index (χ1v) is 5.79. The van der Waals surface area contributed by atoms with Gasteiger partial charge in [0.25, 0.3) is 5.91 Å². The summed E-state index contributed by atoms with van der Waals surface area (Å²) in [4.78, 5) is 23.1. The SMILES string of the molecule is CC(C)=CC[C@@H](NC(=O)c1ccccc1)C(N)=O. The van der Waals surface area contributed by atoms with Crippen LogP contribution in [0.3, 0.4) is 0 Å². The summed E-state index contributed by atoms with van der Waals surface area (Å²) in [6, 6.07) is 8.07. The molecule has 1 atom stereocenters. The second kappa shape index (κ2) is 6.59. The molecule has 0 fully saturated rings. The molecule has 1 aromatic carbocycles. The van der Waals surface area contributed by atoms with Gasteiger partial charge in [-0.05, 0) is 32.4 Å². The van der Waals surface area contributed by atoms with Gasteiger partial charge in [0.05, 0.1) is 0 Å². The minimum Gasteiger partial charge on any atom is -0.368 e. The number of hydrogen-bond acceptors (Lipinski definition) is 2. The maximum Gasteiger partial charge on any atom is 0.251 e. The first kappa shape index (κ1) is 14.0. The van der Waals surface area contributed by atoms with E-state index in [0.29, 0.717) is 12.0 Å². The first-order chi connectivity index (χ1) is 8.50. The normalized spacial score (nSPS) is 11.4. The summed E-state index contributed by atoms with van der Waals surface area (Å²) in [6.07, 6.45) is 2.29. The van der Waals surface area contributed by atoms with E-state index in [0.717, 1.165) is 5.57 Å². The van der Waals surface area contributed by atoms with E-state index in [1.54, 1.807) is 24.3 Å². The van der Waals surface area contributed by atoms with Gasteiger partial charge in [0, 0.05) is 5.56 Å². The van der Waals surface area contributed by atoms with E-state index in [2.05, 4.69) is 5.32 Å². The molecule has 0 aromatic heterocycles. The predicted octanol–water partition coefficient (Wildman–Crippen LogP) is 1.63. The Morgan fingerprint density at radius 1 is 1.28 bits per heavy atom. The van der Waals surface area contributed by atoms with Crippen LogP contribution >= 0.6 is 0 Å². The number of allylic oxidation sites excluding steroid dienone is 1. The van der Waals surface area contributed by atoms with Crippen molar-refractivity contribution in [2.24, 2.45) is 5.73 Å². The highest BCUT2D eigenvalue weighted by Gasteiger charge is 2.17. The quantitative estimate of drug-likeness (QED) is 0.775. The van der Waals surface area contributed by atoms with Crippen molar-refractivity contribution in [3.8, 4) is 0 Å². The molecule has 0 aliphatic heterocycles. The van der Waals surface area contributed by atoms with Crippen molar-refractivity contribution in [2.45, 2.75) is 26.3 Å². The van der Waals surface area contributed by atoms with Crippen molar-refractivity contribution in [1.82, 2.24) is 5.32 Å². The van der Waals surface area contributed by atoms with Gasteiger partial charge >= 0.3 is 0 Å². The molecule has 96 valence electrons. The second-order valence-corrected chi connectivity index (χ2v) is 4.31. The molecule has 18 heavy (non-hydrogen) atoms. The molecule has 1 aromatic rings. The average Bonchev–Trinajstić information content (AvgIpc) is 2.34. The highest BCUT2D eigenvalue weighted by atomic mass is 16.2. The lowest BCUT2D eigenvalue weighted by Crippen LogP contribution is -2.44. The van der Waals surface area contributed by atoms with Gasteiger partial charge < -0.3 is 11.1 Å². The third kappa shape index (κ3) is 4.41. The molecule has 0 unspecified atom stereocenters. The lowest BCUT2D eigenvalue weighted by atomic mass is 10.1. The van der Waals surface area contributed by atoms with Crippen LogP contribution in [0.1, 0.15) is 30.6 Å². The van der Waals surface area contributed by atoms with E-state index in [1.165, 1.54) is 0 Å². The van der Waals surface area contributed by atoms with Crippen LogP contribution in [0.25, 0.3) is 0 Å². The number of amides is 2. The molecule has 0 bridgehead atoms. The molecule has 0 saturated heterocycles. The topological polar surface area (TPSA) is 72.2 Å². The monoisotopic (exact) mass is 246 g/mol. The molecule has 0 aliphatic carbocycles. The van der Waals surface area contributed by atoms with Gasteiger partial charge in [0.2, 0.25) is 5.91 Å². The van der Waals surface area contributed by atoms with E-state index in [4.69, 9.17) is 5.73 Å². The minimum atomic E-state index is -0.674. The van der Waals surface area contributed by atoms with Gasteiger partial charge in [-0.15, -0.1) is 0 Å². The number of rotatable bonds is 5. The summed E-state index contributed by atoms with van der Waals surface area (Å²) < 4.78 is 0. The summed E-state index contributed by atoms with van der Waals surface area (Å²) in [5.41, 5.74) is 6.86. The van der Waals surface area contributed by atoms with Crippen LogP contribution in [0.4, 0.5) is 0 Å². The van der Waals surface area contributed by atoms with E-state index in [1.807, 2.05) is 26.0 Å². The largest absolute Gasteiger partial charge is 0.368 e. The first-order valence-electron chi connectivity index (χ1n) is 5.79. The molecule has 0 saturated carbocycles. The predicted molar refractivity (Wildman–Crippen MR) is 70.9 cm³/mol. The Labute approximate surface area is 107 Å². The summed E-state index contributed by atoms with van der Waals surface area (Å²) in [5.74, 6) is -0.821. The Kier molecular flexibility index (Phi) is 5.11. The van der Waals surface area contributed by atoms with Crippen molar-refractivity contribution in [3.63, 3.8) is 0 Å². The molecule has 1 rings (SSSR count). The van der Waals surface area contributed by atoms with Crippen LogP contribution in [0.5, 0.6) is 0 Å². The summed E-state index contributed by atoms with van der Waals surface area (Å²) in [5, 5.41) is 2.63. The zero-order valence-corrected chi connectivity index (χ0v) is 10.6. The van der Waals surface area contributed by atoms with Crippen molar-refractivity contribution in [3.05, 3.63) is 47.5 Å². The van der Waals surface area contributed by atoms with Crippen LogP contribution in [0, 0.1) is 0 Å². The van der Waals surface area contributed by atoms with Crippen LogP contribution in [-0.2, 0) is 4.79 Å². The molecule has 0 spiro atoms. The van der Waals surface area contributed by atoms with E-state index < -0.39 is 11.9 Å². The fourth-order valence-corrected chi connectivity index (χ4v) is 1.43. The van der Waals surface area contributed by atoms with Gasteiger partial charge in [-0.2, -0.15) is 0 Å². The number of carbonyl (C=O) groups excluding carboxylic acids is 2. The molecule has 0 heterocycles. The van der Waals surface area contributed by atoms with Crippen molar-refractivity contribution in [2.75, 3.05) is 0 Å². The zero-order valence-electron chi connectivity index (χ0n) is 10.6. The number of hydrogen-bond donors (Lipinski definition) is 2. The Morgan fingerprint density at radius 2 is 1.89 bits per heavy atom. The Bertz CT molecular complexity index is 448. The number of primary amides is 1. The Morgan fingerprint density at radius 3 is 2.39 bits per heavy atom. The number of benzene rings is 1. The van der Waals surface area contributed by atoms with Crippen LogP contribution in [0.15, 0.2) is 42.0 Å². The lowest BCUT2D eigenvalue weighted by molar-refractivity contribution is -0.119. The van der Waals surface area contributed by atoms with Gasteiger partial charge in [-0.1, -0.05) is 29.8 Å². The average molecular weight is 246 g/mol. The van der Waals surface area contributed by atoms with Crippen molar-refractivity contribution < 1.29 is 9.59 Å². The molecule has 3 N–H and O–H groups in total. The van der Waals surface area contributed by atoms with Crippen LogP contribution in [-0.4, -0.2) is 17.9 Å². The standard InChI is InChI=1S/C14H18N2O2/c1-10(2)8-9-12(13(15)17)16-14(18)11-6-4-3-5-7-11/h3-8,12H,9H2,1-2H3,(H2,15,17)(H,16,18)/t12-/m1/s1. The Hall–Kier alpha value is -2.10. The molecule has 0 radical (unpaired) electrons. The third-order valence-electron chi connectivity index (χ3n) is 2.45. The number of carbonyl (C=O) groups is 2. The van der Waals surface area contributed by atoms with Crippen molar-refractivity contribution in [1.29, 1.82) is 0 Å². The summed E-state index contributed by atoms with van der Waals surface area (Å²) in [7, 11) is 0. The fourth-order valence-electron chi connectivity index (χ4n) is 1.43. The maximum absolute atomic E-state index is 11.9. The van der Waals surface area contributed by atoms with Gasteiger partial charge in [-0.3, -0.25) is 9.59 Å². The lowest BCUT2D eigenvalue weighted by Gasteiger charge is -2.13. The van der Waals surface area contributed by atoms with E-state index in [9.17, 15) is 9.59 Å². The Balaban J connectivity index is 2.70.